The number of rotatable bonds is 6. The molecule has 0 fully saturated rings. The molecule has 2 rings (SSSR count). The Morgan fingerprint density at radius 2 is 1.50 bits per heavy atom. The van der Waals surface area contributed by atoms with Crippen LogP contribution < -0.4 is 14.1 Å². The first-order valence-corrected chi connectivity index (χ1v) is 15.3. The normalized spacial score (nSPS) is 12.2. The molecular weight excluding hydrogens is 561 g/mol. The van der Waals surface area contributed by atoms with Crippen LogP contribution in [0.2, 0.25) is 18.1 Å². The smallest absolute Gasteiger partial charge is 0.422 e. The zero-order chi connectivity index (χ0) is 25.9. The molecule has 186 valence electrons. The minimum absolute atomic E-state index is 0.0549. The summed E-state index contributed by atoms with van der Waals surface area (Å²) in [7, 11) is -2.01. The lowest BCUT2D eigenvalue weighted by Crippen LogP contribution is -2.43. The fourth-order valence-corrected chi connectivity index (χ4v) is 4.53. The van der Waals surface area contributed by atoms with Crippen molar-refractivity contribution in [3.8, 4) is 11.5 Å². The summed E-state index contributed by atoms with van der Waals surface area (Å²) in [6.45, 7) is 18.6. The first-order chi connectivity index (χ1) is 15.6. The number of anilines is 1. The monoisotopic (exact) mass is 597 g/mol. The maximum absolute atomic E-state index is 13.5. The van der Waals surface area contributed by atoms with E-state index in [4.69, 9.17) is 13.9 Å². The number of hydrogen-bond acceptors (Lipinski definition) is 5. The number of ether oxygens (including phenoxy) is 2. The fraction of sp³-hybridized carbons (Fsp3) is 0.462. The Bertz CT molecular complexity index is 1020. The molecule has 0 atom stereocenters. The number of benzene rings is 2. The van der Waals surface area contributed by atoms with Gasteiger partial charge in [0.05, 0.1) is 12.3 Å². The molecule has 0 spiro atoms. The van der Waals surface area contributed by atoms with Crippen molar-refractivity contribution < 1.29 is 23.5 Å². The van der Waals surface area contributed by atoms with Crippen molar-refractivity contribution in [2.45, 2.75) is 72.2 Å². The molecule has 8 heteroatoms. The number of nitrogens with zero attached hydrogens (tertiary/aromatic N) is 1. The van der Waals surface area contributed by atoms with Crippen LogP contribution in [-0.2, 0) is 4.74 Å². The van der Waals surface area contributed by atoms with Crippen molar-refractivity contribution in [2.24, 2.45) is 0 Å². The Hall–Kier alpha value is -2.07. The number of amides is 2. The summed E-state index contributed by atoms with van der Waals surface area (Å²) < 4.78 is 18.1. The van der Waals surface area contributed by atoms with Crippen LogP contribution >= 0.6 is 22.6 Å². The van der Waals surface area contributed by atoms with E-state index in [1.807, 2.05) is 6.92 Å². The van der Waals surface area contributed by atoms with Gasteiger partial charge in [-0.3, -0.25) is 4.79 Å². The average Bonchev–Trinajstić information content (AvgIpc) is 2.68. The lowest BCUT2D eigenvalue weighted by atomic mass is 10.1. The first-order valence-electron chi connectivity index (χ1n) is 11.3. The lowest BCUT2D eigenvalue weighted by molar-refractivity contribution is 0.0564. The van der Waals surface area contributed by atoms with Gasteiger partial charge in [-0.05, 0) is 111 Å². The van der Waals surface area contributed by atoms with Gasteiger partial charge in [0.25, 0.3) is 5.91 Å². The lowest BCUT2D eigenvalue weighted by Gasteiger charge is -2.36. The van der Waals surface area contributed by atoms with Gasteiger partial charge >= 0.3 is 6.09 Å². The average molecular weight is 598 g/mol. The topological polar surface area (TPSA) is 65.1 Å². The second-order valence-corrected chi connectivity index (χ2v) is 16.4. The van der Waals surface area contributed by atoms with E-state index in [0.29, 0.717) is 32.9 Å². The van der Waals surface area contributed by atoms with Gasteiger partial charge in [0, 0.05) is 9.13 Å². The van der Waals surface area contributed by atoms with Crippen LogP contribution in [0.5, 0.6) is 11.5 Å². The molecule has 0 heterocycles. The predicted octanol–water partition coefficient (Wildman–Crippen LogP) is 7.66. The number of carbonyl (C=O) groups excluding carboxylic acids is 2. The number of carbonyl (C=O) groups is 2. The van der Waals surface area contributed by atoms with Crippen molar-refractivity contribution in [2.75, 3.05) is 11.5 Å². The first kappa shape index (κ1) is 28.2. The molecule has 0 unspecified atom stereocenters. The highest BCUT2D eigenvalue weighted by Gasteiger charge is 2.39. The Kier molecular flexibility index (Phi) is 8.85. The van der Waals surface area contributed by atoms with E-state index >= 15 is 0 Å². The minimum atomic E-state index is -2.01. The third-order valence-corrected chi connectivity index (χ3v) is 10.8. The third kappa shape index (κ3) is 7.21. The molecule has 0 aliphatic heterocycles. The SMILES string of the molecule is CCOc1ccc(N(C(=O)OC(C)(C)C)C(=O)c2ccc(O[Si](C)(C)C(C)(C)C)cc2)c(I)c1. The summed E-state index contributed by atoms with van der Waals surface area (Å²) >= 11 is 2.09. The zero-order valence-corrected chi connectivity index (χ0v) is 24.8. The van der Waals surface area contributed by atoms with Gasteiger partial charge in [0.1, 0.15) is 17.1 Å². The van der Waals surface area contributed by atoms with Gasteiger partial charge in [0.2, 0.25) is 8.32 Å². The molecule has 0 saturated heterocycles. The van der Waals surface area contributed by atoms with Crippen molar-refractivity contribution in [1.82, 2.24) is 0 Å². The van der Waals surface area contributed by atoms with Gasteiger partial charge in [-0.2, -0.15) is 0 Å². The van der Waals surface area contributed by atoms with Crippen molar-refractivity contribution >= 4 is 48.6 Å². The fourth-order valence-electron chi connectivity index (χ4n) is 2.77. The molecule has 0 N–H and O–H groups in total. The molecule has 0 radical (unpaired) electrons. The van der Waals surface area contributed by atoms with Gasteiger partial charge < -0.3 is 13.9 Å². The Balaban J connectivity index is 2.41. The van der Waals surface area contributed by atoms with Crippen LogP contribution in [0.3, 0.4) is 0 Å². The van der Waals surface area contributed by atoms with E-state index in [9.17, 15) is 9.59 Å². The highest BCUT2D eigenvalue weighted by atomic mass is 127. The summed E-state index contributed by atoms with van der Waals surface area (Å²) in [5.74, 6) is 0.900. The second kappa shape index (κ2) is 10.7. The van der Waals surface area contributed by atoms with Gasteiger partial charge in [-0.15, -0.1) is 0 Å². The molecule has 0 aliphatic carbocycles. The second-order valence-electron chi connectivity index (χ2n) is 10.6. The van der Waals surface area contributed by atoms with Crippen LogP contribution in [0.15, 0.2) is 42.5 Å². The van der Waals surface area contributed by atoms with E-state index in [0.717, 1.165) is 4.90 Å². The summed E-state index contributed by atoms with van der Waals surface area (Å²) in [4.78, 5) is 27.8. The van der Waals surface area contributed by atoms with E-state index in [-0.39, 0.29) is 5.04 Å². The predicted molar refractivity (Wildman–Crippen MR) is 148 cm³/mol. The Morgan fingerprint density at radius 3 is 1.97 bits per heavy atom. The molecule has 2 aromatic carbocycles. The molecule has 0 saturated carbocycles. The molecule has 2 amide bonds. The maximum atomic E-state index is 13.5. The minimum Gasteiger partial charge on any atom is -0.544 e. The largest absolute Gasteiger partial charge is 0.544 e. The summed E-state index contributed by atoms with van der Waals surface area (Å²) in [6, 6.07) is 12.2. The molecule has 2 aromatic rings. The number of halogens is 1. The van der Waals surface area contributed by atoms with Gasteiger partial charge in [-0.25, -0.2) is 9.69 Å². The summed E-state index contributed by atoms with van der Waals surface area (Å²) in [5, 5.41) is 0.0549. The van der Waals surface area contributed by atoms with Crippen molar-refractivity contribution in [3.05, 3.63) is 51.6 Å². The molecule has 34 heavy (non-hydrogen) atoms. The number of imide groups is 1. The van der Waals surface area contributed by atoms with Crippen LogP contribution in [0.25, 0.3) is 0 Å². The Morgan fingerprint density at radius 1 is 0.941 bits per heavy atom. The molecular formula is C26H36INO5Si. The molecule has 0 aliphatic rings. The van der Waals surface area contributed by atoms with E-state index in [1.54, 1.807) is 63.2 Å². The highest BCUT2D eigenvalue weighted by Crippen LogP contribution is 2.37. The zero-order valence-electron chi connectivity index (χ0n) is 21.6. The van der Waals surface area contributed by atoms with Crippen molar-refractivity contribution in [1.29, 1.82) is 0 Å². The summed E-state index contributed by atoms with van der Waals surface area (Å²) in [5.41, 5.74) is 0.0377. The van der Waals surface area contributed by atoms with Crippen LogP contribution in [0.1, 0.15) is 58.8 Å². The third-order valence-electron chi connectivity index (χ3n) is 5.53. The standard InChI is InChI=1S/C26H36INO5Si/c1-10-31-20-15-16-22(21(27)17-20)28(24(30)32-25(2,3)4)23(29)18-11-13-19(14-12-18)33-34(8,9)26(5,6)7/h11-17H,10H2,1-9H3. The highest BCUT2D eigenvalue weighted by molar-refractivity contribution is 14.1. The van der Waals surface area contributed by atoms with Gasteiger partial charge in [-0.1, -0.05) is 20.8 Å². The van der Waals surface area contributed by atoms with E-state index in [2.05, 4.69) is 56.5 Å². The maximum Gasteiger partial charge on any atom is 0.422 e. The van der Waals surface area contributed by atoms with Gasteiger partial charge in [0.15, 0.2) is 0 Å². The summed E-state index contributed by atoms with van der Waals surface area (Å²) in [6.07, 6.45) is -0.735. The number of hydrogen-bond donors (Lipinski definition) is 0. The van der Waals surface area contributed by atoms with Crippen LogP contribution in [0.4, 0.5) is 10.5 Å². The van der Waals surface area contributed by atoms with Crippen LogP contribution in [-0.4, -0.2) is 32.5 Å². The molecule has 6 nitrogen and oxygen atoms in total. The van der Waals surface area contributed by atoms with Crippen molar-refractivity contribution in [3.63, 3.8) is 0 Å². The Labute approximate surface area is 218 Å². The van der Waals surface area contributed by atoms with E-state index < -0.39 is 25.9 Å². The van der Waals surface area contributed by atoms with E-state index in [1.165, 1.54) is 0 Å². The van der Waals surface area contributed by atoms with Crippen LogP contribution in [0, 0.1) is 3.57 Å². The molecule has 0 bridgehead atoms. The molecule has 0 aromatic heterocycles. The quantitative estimate of drug-likeness (QED) is 0.253.